The molecule has 0 aromatic heterocycles. The summed E-state index contributed by atoms with van der Waals surface area (Å²) in [6, 6.07) is 0. The Kier molecular flexibility index (Phi) is 198. The predicted molar refractivity (Wildman–Crippen MR) is 11.3 cm³/mol. The van der Waals surface area contributed by atoms with Crippen LogP contribution >= 0.6 is 0 Å². The maximum Gasteiger partial charge on any atom is 0 e. The van der Waals surface area contributed by atoms with Crippen molar-refractivity contribution in [3.8, 4) is 0 Å². The molecular formula is H4CoNiSiTi. The van der Waals surface area contributed by atoms with E-state index in [9.17, 15) is 0 Å². The third kappa shape index (κ3) is 9.06. The minimum atomic E-state index is 0. The SMILES string of the molecule is [Co].[Ni].[SiH4].[Ti]. The molecule has 0 bridgehead atoms. The number of rotatable bonds is 0. The number of hydrogen-bond acceptors (Lipinski definition) is 0. The third-order valence-electron chi connectivity index (χ3n) is 0. The van der Waals surface area contributed by atoms with Gasteiger partial charge >= 0.3 is 0 Å². The van der Waals surface area contributed by atoms with Crippen molar-refractivity contribution in [2.24, 2.45) is 0 Å². The Hall–Kier alpha value is 1.93. The molecule has 0 aliphatic carbocycles. The van der Waals surface area contributed by atoms with Gasteiger partial charge in [0.1, 0.15) is 0 Å². The zero-order chi connectivity index (χ0) is 0. The summed E-state index contributed by atoms with van der Waals surface area (Å²) < 4.78 is 0. The molecule has 0 aromatic carbocycles. The molecule has 1 radical (unpaired) electrons. The van der Waals surface area contributed by atoms with Crippen LogP contribution in [0.1, 0.15) is 0 Å². The Labute approximate surface area is 65.5 Å². The molecule has 0 unspecified atom stereocenters. The fourth-order valence-corrected chi connectivity index (χ4v) is 0. The molecule has 0 aromatic rings. The maximum atomic E-state index is 0. The molecular weight excluding hydrogens is 194 g/mol. The van der Waals surface area contributed by atoms with Gasteiger partial charge in [-0.05, 0) is 11.0 Å². The molecule has 0 fully saturated rings. The molecule has 0 saturated carbocycles. The van der Waals surface area contributed by atoms with Gasteiger partial charge in [0.2, 0.25) is 0 Å². The Morgan fingerprint density at radius 2 is 1.00 bits per heavy atom. The summed E-state index contributed by atoms with van der Waals surface area (Å²) in [7, 11) is 0. The van der Waals surface area contributed by atoms with Crippen molar-refractivity contribution < 1.29 is 55.0 Å². The summed E-state index contributed by atoms with van der Waals surface area (Å²) in [5, 5.41) is 0. The van der Waals surface area contributed by atoms with Crippen LogP contribution < -0.4 is 0 Å². The summed E-state index contributed by atoms with van der Waals surface area (Å²) in [6.07, 6.45) is 0. The second kappa shape index (κ2) is 20.4. The Morgan fingerprint density at radius 3 is 1.00 bits per heavy atom. The van der Waals surface area contributed by atoms with E-state index in [1.54, 1.807) is 0 Å². The van der Waals surface area contributed by atoms with Gasteiger partial charge in [0, 0.05) is 55.0 Å². The molecule has 0 rings (SSSR count). The molecule has 0 saturated heterocycles. The average molecular weight is 198 g/mol. The van der Waals surface area contributed by atoms with Gasteiger partial charge in [0.05, 0.1) is 0 Å². The van der Waals surface area contributed by atoms with Crippen LogP contribution in [0.2, 0.25) is 0 Å². The Bertz CT molecular complexity index is 8.00. The molecule has 0 amide bonds. The zero-order valence-corrected chi connectivity index (χ0v) is 4.74. The van der Waals surface area contributed by atoms with Crippen molar-refractivity contribution in [2.45, 2.75) is 0 Å². The van der Waals surface area contributed by atoms with E-state index in [2.05, 4.69) is 0 Å². The van der Waals surface area contributed by atoms with E-state index in [4.69, 9.17) is 0 Å². The molecule has 4 heavy (non-hydrogen) atoms. The quantitative estimate of drug-likeness (QED) is 0.417. The Morgan fingerprint density at radius 1 is 1.00 bits per heavy atom. The third-order valence-corrected chi connectivity index (χ3v) is 0. The second-order valence-electron chi connectivity index (χ2n) is 0. The van der Waals surface area contributed by atoms with E-state index in [1.165, 1.54) is 0 Å². The fraction of sp³-hybridized carbons (Fsp3) is 0. The fourth-order valence-electron chi connectivity index (χ4n) is 0. The predicted octanol–water partition coefficient (Wildman–Crippen LogP) is -1.46. The summed E-state index contributed by atoms with van der Waals surface area (Å²) in [6.45, 7) is 0. The molecule has 31 valence electrons. The van der Waals surface area contributed by atoms with Crippen LogP contribution in [-0.2, 0) is 55.0 Å². The first-order chi connectivity index (χ1) is 0. The van der Waals surface area contributed by atoms with E-state index < -0.39 is 0 Å². The first-order valence-electron chi connectivity index (χ1n) is 0. The molecule has 0 aliphatic rings. The minimum Gasteiger partial charge on any atom is -0.0149 e. The molecule has 0 nitrogen and oxygen atoms in total. The molecule has 0 N–H and O–H groups in total. The summed E-state index contributed by atoms with van der Waals surface area (Å²) in [5.74, 6) is 0. The summed E-state index contributed by atoms with van der Waals surface area (Å²) >= 11 is 0. The van der Waals surface area contributed by atoms with Gasteiger partial charge in [-0.3, -0.25) is 0 Å². The van der Waals surface area contributed by atoms with Crippen LogP contribution in [0.25, 0.3) is 0 Å². The van der Waals surface area contributed by atoms with Crippen LogP contribution in [0.3, 0.4) is 0 Å². The van der Waals surface area contributed by atoms with Gasteiger partial charge in [-0.25, -0.2) is 0 Å². The van der Waals surface area contributed by atoms with Gasteiger partial charge in [-0.2, -0.15) is 0 Å². The summed E-state index contributed by atoms with van der Waals surface area (Å²) in [5.41, 5.74) is 0. The van der Waals surface area contributed by atoms with Crippen LogP contribution in [0, 0.1) is 0 Å². The first-order valence-corrected chi connectivity index (χ1v) is 0. The van der Waals surface area contributed by atoms with Crippen LogP contribution in [0.15, 0.2) is 0 Å². The minimum absolute atomic E-state index is 0. The molecule has 0 aliphatic heterocycles. The monoisotopic (exact) mass is 197 g/mol. The van der Waals surface area contributed by atoms with Crippen molar-refractivity contribution in [3.63, 3.8) is 0 Å². The second-order valence-corrected chi connectivity index (χ2v) is 0. The van der Waals surface area contributed by atoms with Crippen molar-refractivity contribution in [3.05, 3.63) is 0 Å². The van der Waals surface area contributed by atoms with Gasteiger partial charge in [-0.15, -0.1) is 0 Å². The van der Waals surface area contributed by atoms with Crippen LogP contribution in [0.4, 0.5) is 0 Å². The number of hydrogen-bond donors (Lipinski definition) is 0. The van der Waals surface area contributed by atoms with Crippen LogP contribution in [0.5, 0.6) is 0 Å². The van der Waals surface area contributed by atoms with E-state index in [0.717, 1.165) is 0 Å². The van der Waals surface area contributed by atoms with Crippen molar-refractivity contribution in [1.29, 1.82) is 0 Å². The molecule has 0 heterocycles. The van der Waals surface area contributed by atoms with Crippen molar-refractivity contribution in [1.82, 2.24) is 0 Å². The topological polar surface area (TPSA) is 0 Å². The van der Waals surface area contributed by atoms with Gasteiger partial charge < -0.3 is 0 Å². The van der Waals surface area contributed by atoms with Crippen LogP contribution in [-0.4, -0.2) is 11.0 Å². The van der Waals surface area contributed by atoms with E-state index in [0.29, 0.717) is 0 Å². The standard InChI is InChI=1S/Co.Ni.H4Si.Ti/h;;1H4;. The molecule has 0 spiro atoms. The van der Waals surface area contributed by atoms with Crippen molar-refractivity contribution in [2.75, 3.05) is 0 Å². The largest absolute Gasteiger partial charge is 0.0149 e. The average Bonchev–Trinajstić information content (AvgIpc) is 0. The molecule has 0 atom stereocenters. The van der Waals surface area contributed by atoms with E-state index >= 15 is 0 Å². The zero-order valence-electron chi connectivity index (χ0n) is 1.15. The van der Waals surface area contributed by atoms with Gasteiger partial charge in [-0.1, -0.05) is 0 Å². The van der Waals surface area contributed by atoms with E-state index in [-0.39, 0.29) is 66.0 Å². The Balaban J connectivity index is 0. The van der Waals surface area contributed by atoms with E-state index in [1.807, 2.05) is 0 Å². The van der Waals surface area contributed by atoms with Crippen molar-refractivity contribution >= 4 is 11.0 Å². The smallest absolute Gasteiger partial charge is 0 e. The van der Waals surface area contributed by atoms with Gasteiger partial charge in [0.15, 0.2) is 0 Å². The first kappa shape index (κ1) is 38.7. The van der Waals surface area contributed by atoms with Gasteiger partial charge in [0.25, 0.3) is 0 Å². The maximum absolute atomic E-state index is 0. The molecule has 4 heteroatoms. The normalized spacial score (nSPS) is 0. The summed E-state index contributed by atoms with van der Waals surface area (Å²) in [4.78, 5) is 0.